The summed E-state index contributed by atoms with van der Waals surface area (Å²) >= 11 is 0. The van der Waals surface area contributed by atoms with E-state index in [9.17, 15) is 0 Å². The first-order chi connectivity index (χ1) is 10.9. The van der Waals surface area contributed by atoms with Crippen LogP contribution in [-0.4, -0.2) is 35.2 Å². The highest BCUT2D eigenvalue weighted by Crippen LogP contribution is 3.06. The minimum Gasteiger partial charge on any atom is -0.354 e. The molecule has 9 rings (SSSR count). The fourth-order valence-electron chi connectivity index (χ4n) is 8.33. The van der Waals surface area contributed by atoms with E-state index in [1.165, 1.54) is 24.5 Å². The number of nitrogens with zero attached hydrogens (tertiary/aromatic N) is 4. The van der Waals surface area contributed by atoms with Gasteiger partial charge < -0.3 is 19.6 Å². The van der Waals surface area contributed by atoms with Gasteiger partial charge in [0.15, 0.2) is 0 Å². The van der Waals surface area contributed by atoms with Crippen LogP contribution in [-0.2, 0) is 5.41 Å². The molecule has 106 valence electrons. The van der Waals surface area contributed by atoms with Crippen LogP contribution in [0.5, 0.6) is 0 Å². The van der Waals surface area contributed by atoms with Crippen molar-refractivity contribution in [2.75, 3.05) is 22.9 Å². The zero-order valence-electron chi connectivity index (χ0n) is 12.0. The minimum atomic E-state index is 0.527. The smallest absolute Gasteiger partial charge is 0.114 e. The van der Waals surface area contributed by atoms with Crippen molar-refractivity contribution in [2.24, 2.45) is 16.7 Å². The largest absolute Gasteiger partial charge is 0.354 e. The lowest BCUT2D eigenvalue weighted by molar-refractivity contribution is -0.114. The summed E-state index contributed by atoms with van der Waals surface area (Å²) in [5.74, 6) is 0.935. The highest BCUT2D eigenvalue weighted by Gasteiger charge is 3.12. The molecule has 1 aromatic rings. The molecule has 4 nitrogen and oxygen atoms in total. The lowest BCUT2D eigenvalue weighted by Gasteiger charge is -2.68. The average Bonchev–Trinajstić information content (AvgIpc) is 3.21. The van der Waals surface area contributed by atoms with Gasteiger partial charge in [0.1, 0.15) is 12.3 Å². The maximum atomic E-state index is 2.57. The van der Waals surface area contributed by atoms with E-state index < -0.39 is 0 Å². The maximum Gasteiger partial charge on any atom is 0.114 e. The SMILES string of the molecule is C1=CN2c3cccc4c3C35C(C36CN1C26)C51CN2C=CN4C21. The first-order valence-electron chi connectivity index (χ1n) is 8.46. The quantitative estimate of drug-likeness (QED) is 0.715. The number of anilines is 2. The molecule has 2 saturated carbocycles. The Kier molecular flexibility index (Phi) is 0.834. The first kappa shape index (κ1) is 9.13. The molecular formula is C18H14N4. The molecule has 0 bridgehead atoms. The molecule has 4 atom stereocenters. The molecule has 1 aromatic carbocycles. The van der Waals surface area contributed by atoms with Crippen molar-refractivity contribution in [1.82, 2.24) is 9.80 Å². The Balaban J connectivity index is 1.48. The second-order valence-electron chi connectivity index (χ2n) is 8.50. The molecule has 6 aliphatic heterocycles. The molecule has 4 unspecified atom stereocenters. The van der Waals surface area contributed by atoms with Crippen molar-refractivity contribution < 1.29 is 0 Å². The van der Waals surface area contributed by atoms with E-state index in [-0.39, 0.29) is 0 Å². The molecule has 0 radical (unpaired) electrons. The third kappa shape index (κ3) is 0.456. The molecule has 2 aliphatic carbocycles. The molecule has 0 amide bonds. The first-order valence-corrected chi connectivity index (χ1v) is 8.46. The lowest BCUT2D eigenvalue weighted by Crippen LogP contribution is -2.77. The second-order valence-corrected chi connectivity index (χ2v) is 8.50. The van der Waals surface area contributed by atoms with Crippen LogP contribution in [0.4, 0.5) is 11.4 Å². The van der Waals surface area contributed by atoms with Crippen molar-refractivity contribution >= 4 is 11.4 Å². The Labute approximate surface area is 127 Å². The van der Waals surface area contributed by atoms with Crippen molar-refractivity contribution in [1.29, 1.82) is 0 Å². The van der Waals surface area contributed by atoms with Gasteiger partial charge in [-0.05, 0) is 18.1 Å². The van der Waals surface area contributed by atoms with Crippen molar-refractivity contribution in [3.63, 3.8) is 0 Å². The lowest BCUT2D eigenvalue weighted by atomic mass is 9.56. The fourth-order valence-corrected chi connectivity index (χ4v) is 8.33. The zero-order chi connectivity index (χ0) is 13.6. The van der Waals surface area contributed by atoms with Gasteiger partial charge in [-0.15, -0.1) is 0 Å². The Morgan fingerprint density at radius 1 is 0.818 bits per heavy atom. The topological polar surface area (TPSA) is 13.0 Å². The van der Waals surface area contributed by atoms with Crippen LogP contribution in [0.2, 0.25) is 0 Å². The normalized spacial score (nSPS) is 56.1. The molecule has 4 fully saturated rings. The van der Waals surface area contributed by atoms with Gasteiger partial charge in [-0.1, -0.05) is 6.07 Å². The van der Waals surface area contributed by atoms with Crippen LogP contribution >= 0.6 is 0 Å². The van der Waals surface area contributed by atoms with Gasteiger partial charge in [0.25, 0.3) is 0 Å². The van der Waals surface area contributed by atoms with Gasteiger partial charge in [0.05, 0.1) is 0 Å². The number of fused-ring (bicyclic) bond motifs is 2. The van der Waals surface area contributed by atoms with Crippen molar-refractivity contribution in [2.45, 2.75) is 17.7 Å². The van der Waals surface area contributed by atoms with Gasteiger partial charge >= 0.3 is 0 Å². The van der Waals surface area contributed by atoms with E-state index in [1.54, 1.807) is 5.56 Å². The molecule has 4 heteroatoms. The Bertz CT molecular complexity index is 867. The van der Waals surface area contributed by atoms with Crippen LogP contribution < -0.4 is 9.80 Å². The van der Waals surface area contributed by atoms with E-state index in [0.717, 1.165) is 5.92 Å². The standard InChI is InChI=1S/C18H14N4/c1-2-10-12-11(3-1)22-7-5-20-9-17(15(20)22)13-16(18(12,13)17)8-19-4-6-21(10)14(16)19/h1-7,13-15H,8-9H2. The van der Waals surface area contributed by atoms with Gasteiger partial charge in [0, 0.05) is 71.1 Å². The molecule has 3 spiro atoms. The monoisotopic (exact) mass is 286 g/mol. The second kappa shape index (κ2) is 2.01. The maximum absolute atomic E-state index is 2.57. The van der Waals surface area contributed by atoms with Crippen molar-refractivity contribution in [3.05, 3.63) is 48.6 Å². The third-order valence-electron chi connectivity index (χ3n) is 8.54. The predicted octanol–water partition coefficient (Wildman–Crippen LogP) is 1.43. The van der Waals surface area contributed by atoms with Gasteiger partial charge in [-0.2, -0.15) is 0 Å². The summed E-state index contributed by atoms with van der Waals surface area (Å²) in [6.45, 7) is 2.59. The van der Waals surface area contributed by atoms with E-state index in [1.807, 2.05) is 0 Å². The molecule has 22 heavy (non-hydrogen) atoms. The van der Waals surface area contributed by atoms with Crippen LogP contribution in [0.15, 0.2) is 43.0 Å². The highest BCUT2D eigenvalue weighted by molar-refractivity contribution is 5.90. The van der Waals surface area contributed by atoms with E-state index in [4.69, 9.17) is 0 Å². The summed E-state index contributed by atoms with van der Waals surface area (Å²) in [4.78, 5) is 10.3. The third-order valence-corrected chi connectivity index (χ3v) is 8.54. The van der Waals surface area contributed by atoms with E-state index >= 15 is 0 Å². The summed E-state index contributed by atoms with van der Waals surface area (Å²) in [6.07, 6.45) is 10.6. The summed E-state index contributed by atoms with van der Waals surface area (Å²) < 4.78 is 0. The molecule has 6 heterocycles. The summed E-state index contributed by atoms with van der Waals surface area (Å²) in [5.41, 5.74) is 6.38. The number of hydrogen-bond donors (Lipinski definition) is 0. The van der Waals surface area contributed by atoms with Gasteiger partial charge in [-0.25, -0.2) is 0 Å². The van der Waals surface area contributed by atoms with Crippen LogP contribution in [0.25, 0.3) is 0 Å². The van der Waals surface area contributed by atoms with Gasteiger partial charge in [-0.3, -0.25) is 0 Å². The van der Waals surface area contributed by atoms with Crippen molar-refractivity contribution in [3.8, 4) is 0 Å². The summed E-state index contributed by atoms with van der Waals surface area (Å²) in [6, 6.07) is 6.98. The molecule has 2 saturated heterocycles. The average molecular weight is 286 g/mol. The fraction of sp³-hybridized carbons (Fsp3) is 0.444. The Morgan fingerprint density at radius 3 is 2.00 bits per heavy atom. The number of hydrogen-bond acceptors (Lipinski definition) is 4. The van der Waals surface area contributed by atoms with Crippen LogP contribution in [0.3, 0.4) is 0 Å². The van der Waals surface area contributed by atoms with E-state index in [2.05, 4.69) is 62.6 Å². The summed E-state index contributed by atoms with van der Waals surface area (Å²) in [7, 11) is 0. The van der Waals surface area contributed by atoms with Crippen LogP contribution in [0, 0.1) is 16.7 Å². The van der Waals surface area contributed by atoms with Gasteiger partial charge in [0.2, 0.25) is 0 Å². The molecule has 0 aromatic heterocycles. The molecule has 8 aliphatic rings. The Morgan fingerprint density at radius 2 is 1.41 bits per heavy atom. The summed E-state index contributed by atoms with van der Waals surface area (Å²) in [5, 5.41) is 0. The minimum absolute atomic E-state index is 0.527. The number of rotatable bonds is 0. The molecule has 0 N–H and O–H groups in total. The number of benzene rings is 1. The molecular weight excluding hydrogens is 272 g/mol. The van der Waals surface area contributed by atoms with E-state index in [0.29, 0.717) is 28.6 Å². The predicted molar refractivity (Wildman–Crippen MR) is 80.7 cm³/mol. The zero-order valence-corrected chi connectivity index (χ0v) is 12.0. The Hall–Kier alpha value is -2.10. The highest BCUT2D eigenvalue weighted by atomic mass is 15.6. The van der Waals surface area contributed by atoms with Crippen LogP contribution in [0.1, 0.15) is 5.56 Å².